The van der Waals surface area contributed by atoms with Crippen LogP contribution in [0, 0.1) is 0 Å². The van der Waals surface area contributed by atoms with E-state index in [0.717, 1.165) is 12.3 Å². The van der Waals surface area contributed by atoms with E-state index < -0.39 is 0 Å². The molecule has 116 valence electrons. The van der Waals surface area contributed by atoms with Crippen LogP contribution in [0.4, 0.5) is 0 Å². The minimum Gasteiger partial charge on any atom is -0.494 e. The number of likely N-dealkylation sites (tertiary alicyclic amines) is 1. The van der Waals surface area contributed by atoms with Gasteiger partial charge >= 0.3 is 0 Å². The zero-order valence-corrected chi connectivity index (χ0v) is 12.9. The third kappa shape index (κ3) is 5.38. The Balaban J connectivity index is 1.73. The van der Waals surface area contributed by atoms with Gasteiger partial charge in [0.2, 0.25) is 0 Å². The molecule has 1 aromatic carbocycles. The van der Waals surface area contributed by atoms with Crippen LogP contribution in [0.15, 0.2) is 24.3 Å². The van der Waals surface area contributed by atoms with Crippen molar-refractivity contribution in [3.63, 3.8) is 0 Å². The van der Waals surface area contributed by atoms with Gasteiger partial charge in [0.25, 0.3) is 5.91 Å². The van der Waals surface area contributed by atoms with E-state index in [2.05, 4.69) is 10.2 Å². The number of ether oxygens (including phenoxy) is 1. The van der Waals surface area contributed by atoms with E-state index in [1.54, 1.807) is 0 Å². The fourth-order valence-electron chi connectivity index (χ4n) is 2.66. The van der Waals surface area contributed by atoms with Gasteiger partial charge in [-0.3, -0.25) is 4.79 Å². The van der Waals surface area contributed by atoms with Crippen molar-refractivity contribution in [3.8, 4) is 5.75 Å². The molecule has 1 aromatic rings. The molecular formula is C17H26N2O2. The summed E-state index contributed by atoms with van der Waals surface area (Å²) in [5.41, 5.74) is 0.689. The number of nitrogens with one attached hydrogen (secondary N) is 1. The summed E-state index contributed by atoms with van der Waals surface area (Å²) >= 11 is 0. The first-order chi connectivity index (χ1) is 10.3. The summed E-state index contributed by atoms with van der Waals surface area (Å²) in [7, 11) is 0. The van der Waals surface area contributed by atoms with E-state index in [1.807, 2.05) is 31.2 Å². The van der Waals surface area contributed by atoms with Gasteiger partial charge < -0.3 is 15.0 Å². The number of carbonyl (C=O) groups is 1. The molecule has 4 nitrogen and oxygen atoms in total. The largest absolute Gasteiger partial charge is 0.494 e. The van der Waals surface area contributed by atoms with Gasteiger partial charge in [-0.05, 0) is 57.1 Å². The van der Waals surface area contributed by atoms with E-state index in [4.69, 9.17) is 4.74 Å². The lowest BCUT2D eigenvalue weighted by molar-refractivity contribution is 0.0948. The van der Waals surface area contributed by atoms with Crippen molar-refractivity contribution in [3.05, 3.63) is 29.8 Å². The Morgan fingerprint density at radius 1 is 1.14 bits per heavy atom. The molecule has 1 heterocycles. The summed E-state index contributed by atoms with van der Waals surface area (Å²) < 4.78 is 5.37. The van der Waals surface area contributed by atoms with Gasteiger partial charge in [0.15, 0.2) is 0 Å². The minimum absolute atomic E-state index is 0.00660. The molecule has 0 aromatic heterocycles. The average molecular weight is 290 g/mol. The van der Waals surface area contributed by atoms with Crippen LogP contribution in [0.5, 0.6) is 5.75 Å². The van der Waals surface area contributed by atoms with Crippen LogP contribution in [-0.2, 0) is 0 Å². The van der Waals surface area contributed by atoms with Crippen LogP contribution in [0.25, 0.3) is 0 Å². The van der Waals surface area contributed by atoms with Gasteiger partial charge in [0.1, 0.15) is 5.75 Å². The second kappa shape index (κ2) is 8.67. The summed E-state index contributed by atoms with van der Waals surface area (Å²) in [4.78, 5) is 14.5. The van der Waals surface area contributed by atoms with Crippen molar-refractivity contribution in [2.75, 3.05) is 32.8 Å². The Bertz CT molecular complexity index is 423. The highest BCUT2D eigenvalue weighted by molar-refractivity contribution is 5.94. The maximum atomic E-state index is 12.1. The zero-order chi connectivity index (χ0) is 14.9. The quantitative estimate of drug-likeness (QED) is 0.876. The second-order valence-electron chi connectivity index (χ2n) is 5.47. The summed E-state index contributed by atoms with van der Waals surface area (Å²) in [5.74, 6) is 0.798. The number of rotatable bonds is 6. The van der Waals surface area contributed by atoms with Crippen molar-refractivity contribution in [1.82, 2.24) is 10.2 Å². The molecule has 0 unspecified atom stereocenters. The average Bonchev–Trinajstić information content (AvgIpc) is 2.77. The van der Waals surface area contributed by atoms with Gasteiger partial charge in [-0.15, -0.1) is 0 Å². The molecule has 1 aliphatic heterocycles. The topological polar surface area (TPSA) is 41.6 Å². The van der Waals surface area contributed by atoms with Crippen LogP contribution < -0.4 is 10.1 Å². The molecule has 0 aliphatic carbocycles. The van der Waals surface area contributed by atoms with Crippen molar-refractivity contribution in [2.24, 2.45) is 0 Å². The third-order valence-electron chi connectivity index (χ3n) is 3.84. The molecule has 1 aliphatic rings. The highest BCUT2D eigenvalue weighted by Gasteiger charge is 2.10. The molecule has 1 fully saturated rings. The van der Waals surface area contributed by atoms with Crippen LogP contribution in [-0.4, -0.2) is 43.6 Å². The van der Waals surface area contributed by atoms with E-state index in [-0.39, 0.29) is 5.91 Å². The fraction of sp³-hybridized carbons (Fsp3) is 0.588. The van der Waals surface area contributed by atoms with E-state index >= 15 is 0 Å². The monoisotopic (exact) mass is 290 g/mol. The van der Waals surface area contributed by atoms with E-state index in [0.29, 0.717) is 18.7 Å². The Labute approximate surface area is 127 Å². The first-order valence-electron chi connectivity index (χ1n) is 8.03. The van der Waals surface area contributed by atoms with Gasteiger partial charge in [0.05, 0.1) is 6.61 Å². The van der Waals surface area contributed by atoms with Crippen LogP contribution in [0.3, 0.4) is 0 Å². The molecule has 0 radical (unpaired) electrons. The van der Waals surface area contributed by atoms with Crippen LogP contribution in [0.1, 0.15) is 43.0 Å². The first-order valence-corrected chi connectivity index (χ1v) is 8.03. The molecule has 21 heavy (non-hydrogen) atoms. The van der Waals surface area contributed by atoms with Crippen LogP contribution >= 0.6 is 0 Å². The van der Waals surface area contributed by atoms with Crippen molar-refractivity contribution >= 4 is 5.91 Å². The lowest BCUT2D eigenvalue weighted by atomic mass is 10.2. The van der Waals surface area contributed by atoms with Crippen molar-refractivity contribution in [2.45, 2.75) is 32.6 Å². The zero-order valence-electron chi connectivity index (χ0n) is 12.9. The van der Waals surface area contributed by atoms with Gasteiger partial charge in [0, 0.05) is 18.7 Å². The van der Waals surface area contributed by atoms with Crippen LogP contribution in [0.2, 0.25) is 0 Å². The van der Waals surface area contributed by atoms with Crippen molar-refractivity contribution < 1.29 is 9.53 Å². The first kappa shape index (κ1) is 15.8. The Kier molecular flexibility index (Phi) is 6.54. The minimum atomic E-state index is -0.00660. The Morgan fingerprint density at radius 3 is 2.43 bits per heavy atom. The maximum Gasteiger partial charge on any atom is 0.251 e. The predicted octanol–water partition coefficient (Wildman–Crippen LogP) is 2.69. The fourth-order valence-corrected chi connectivity index (χ4v) is 2.66. The van der Waals surface area contributed by atoms with E-state index in [1.165, 1.54) is 38.8 Å². The standard InChI is InChI=1S/C17H26N2O2/c1-2-21-16-9-7-15(8-10-16)17(20)18-11-14-19-12-5-3-4-6-13-19/h7-10H,2-6,11-14H2,1H3,(H,18,20). The highest BCUT2D eigenvalue weighted by atomic mass is 16.5. The molecule has 4 heteroatoms. The summed E-state index contributed by atoms with van der Waals surface area (Å²) in [6.45, 7) is 6.58. The SMILES string of the molecule is CCOc1ccc(C(=O)NCCN2CCCCCC2)cc1. The lowest BCUT2D eigenvalue weighted by Gasteiger charge is -2.19. The predicted molar refractivity (Wildman–Crippen MR) is 84.9 cm³/mol. The van der Waals surface area contributed by atoms with Gasteiger partial charge in [-0.2, -0.15) is 0 Å². The lowest BCUT2D eigenvalue weighted by Crippen LogP contribution is -2.35. The molecule has 0 spiro atoms. The molecule has 0 saturated carbocycles. The van der Waals surface area contributed by atoms with Crippen molar-refractivity contribution in [1.29, 1.82) is 0 Å². The molecule has 1 N–H and O–H groups in total. The van der Waals surface area contributed by atoms with Gasteiger partial charge in [-0.1, -0.05) is 12.8 Å². The molecule has 0 atom stereocenters. The number of hydrogen-bond donors (Lipinski definition) is 1. The number of hydrogen-bond acceptors (Lipinski definition) is 3. The Hall–Kier alpha value is -1.55. The smallest absolute Gasteiger partial charge is 0.251 e. The molecule has 1 saturated heterocycles. The summed E-state index contributed by atoms with van der Waals surface area (Å²) in [6.07, 6.45) is 5.25. The van der Waals surface area contributed by atoms with E-state index in [9.17, 15) is 4.79 Å². The second-order valence-corrected chi connectivity index (χ2v) is 5.47. The summed E-state index contributed by atoms with van der Waals surface area (Å²) in [6, 6.07) is 7.30. The number of benzene rings is 1. The summed E-state index contributed by atoms with van der Waals surface area (Å²) in [5, 5.41) is 3.00. The van der Waals surface area contributed by atoms with Gasteiger partial charge in [-0.25, -0.2) is 0 Å². The maximum absolute atomic E-state index is 12.1. The molecular weight excluding hydrogens is 264 g/mol. The molecule has 1 amide bonds. The molecule has 2 rings (SSSR count). The highest BCUT2D eigenvalue weighted by Crippen LogP contribution is 2.12. The normalized spacial score (nSPS) is 16.2. The number of amides is 1. The number of carbonyl (C=O) groups excluding carboxylic acids is 1. The molecule has 0 bridgehead atoms. The third-order valence-corrected chi connectivity index (χ3v) is 3.84. The number of nitrogens with zero attached hydrogens (tertiary/aromatic N) is 1. The Morgan fingerprint density at radius 2 is 1.81 bits per heavy atom.